The maximum Gasteiger partial charge on any atom is 0.242 e. The summed E-state index contributed by atoms with van der Waals surface area (Å²) in [6.07, 6.45) is 0. The second-order valence-electron chi connectivity index (χ2n) is 3.10. The summed E-state index contributed by atoms with van der Waals surface area (Å²) in [7, 11) is -4.05. The molecule has 1 rings (SSSR count). The van der Waals surface area contributed by atoms with Gasteiger partial charge in [0, 0.05) is 0 Å². The van der Waals surface area contributed by atoms with Gasteiger partial charge >= 0.3 is 0 Å². The van der Waals surface area contributed by atoms with Gasteiger partial charge in [0.2, 0.25) is 15.9 Å². The Morgan fingerprint density at radius 2 is 2.06 bits per heavy atom. The van der Waals surface area contributed by atoms with E-state index in [4.69, 9.17) is 23.1 Å². The number of carbonyl (C=O) groups excluding carboxylic acids is 1. The van der Waals surface area contributed by atoms with Crippen molar-refractivity contribution in [1.29, 1.82) is 0 Å². The summed E-state index contributed by atoms with van der Waals surface area (Å²) in [6.45, 7) is -0.587. The number of nitrogens with one attached hydrogen (secondary N) is 1. The van der Waals surface area contributed by atoms with E-state index in [2.05, 4.69) is 0 Å². The zero-order valence-electron chi connectivity index (χ0n) is 8.41. The summed E-state index contributed by atoms with van der Waals surface area (Å²) in [6, 6.07) is 1.64. The number of nitrogen functional groups attached to an aromatic ring is 1. The van der Waals surface area contributed by atoms with Crippen LogP contribution in [0.4, 0.5) is 10.1 Å². The van der Waals surface area contributed by atoms with Crippen molar-refractivity contribution in [2.75, 3.05) is 12.3 Å². The molecule has 0 aliphatic rings. The highest BCUT2D eigenvalue weighted by molar-refractivity contribution is 7.89. The lowest BCUT2D eigenvalue weighted by molar-refractivity contribution is -0.116. The Balaban J connectivity index is 3.15. The largest absolute Gasteiger partial charge is 0.396 e. The third-order valence-corrected chi connectivity index (χ3v) is 3.64. The van der Waals surface area contributed by atoms with E-state index in [9.17, 15) is 17.6 Å². The molecule has 0 radical (unpaired) electrons. The van der Waals surface area contributed by atoms with Gasteiger partial charge in [-0.05, 0) is 12.1 Å². The maximum atomic E-state index is 13.0. The molecule has 0 saturated heterocycles. The summed E-state index contributed by atoms with van der Waals surface area (Å²) >= 11 is 5.57. The molecular weight excluding hydrogens is 273 g/mol. The monoisotopic (exact) mass is 281 g/mol. The molecule has 1 amide bonds. The van der Waals surface area contributed by atoms with E-state index < -0.39 is 33.2 Å². The number of hydrogen-bond acceptors (Lipinski definition) is 4. The average Bonchev–Trinajstić information content (AvgIpc) is 2.20. The van der Waals surface area contributed by atoms with Crippen molar-refractivity contribution in [2.45, 2.75) is 4.90 Å². The number of carbonyl (C=O) groups is 1. The van der Waals surface area contributed by atoms with Crippen LogP contribution in [0.5, 0.6) is 0 Å². The van der Waals surface area contributed by atoms with Gasteiger partial charge < -0.3 is 11.5 Å². The van der Waals surface area contributed by atoms with Gasteiger partial charge in [0.1, 0.15) is 10.7 Å². The fraction of sp³-hybridized carbons (Fsp3) is 0.125. The molecule has 0 saturated carbocycles. The van der Waals surface area contributed by atoms with Crippen LogP contribution < -0.4 is 16.2 Å². The zero-order chi connectivity index (χ0) is 13.2. The van der Waals surface area contributed by atoms with Gasteiger partial charge in [-0.25, -0.2) is 17.5 Å². The fourth-order valence-corrected chi connectivity index (χ4v) is 2.54. The second kappa shape index (κ2) is 4.86. The van der Waals surface area contributed by atoms with Crippen LogP contribution in [0.15, 0.2) is 17.0 Å². The highest BCUT2D eigenvalue weighted by Gasteiger charge is 2.20. The normalized spacial score (nSPS) is 11.4. The number of benzene rings is 1. The topological polar surface area (TPSA) is 115 Å². The molecule has 5 N–H and O–H groups in total. The van der Waals surface area contributed by atoms with Crippen LogP contribution in [0.25, 0.3) is 0 Å². The lowest BCUT2D eigenvalue weighted by Crippen LogP contribution is -2.33. The van der Waals surface area contributed by atoms with Crippen LogP contribution in [0, 0.1) is 5.82 Å². The molecule has 94 valence electrons. The number of sulfonamides is 1. The van der Waals surface area contributed by atoms with Crippen LogP contribution in [0.1, 0.15) is 0 Å². The molecule has 17 heavy (non-hydrogen) atoms. The van der Waals surface area contributed by atoms with Gasteiger partial charge in [0.15, 0.2) is 0 Å². The first-order valence-electron chi connectivity index (χ1n) is 4.26. The first-order chi connectivity index (χ1) is 7.74. The molecule has 1 aromatic carbocycles. The Kier molecular flexibility index (Phi) is 3.91. The molecule has 0 bridgehead atoms. The number of amides is 1. The van der Waals surface area contributed by atoms with E-state index in [1.165, 1.54) is 0 Å². The molecule has 1 aromatic rings. The van der Waals surface area contributed by atoms with Crippen molar-refractivity contribution in [3.63, 3.8) is 0 Å². The molecule has 0 aliphatic carbocycles. The summed E-state index contributed by atoms with van der Waals surface area (Å²) in [5, 5.41) is -0.339. The minimum Gasteiger partial charge on any atom is -0.396 e. The number of hydrogen-bond donors (Lipinski definition) is 3. The zero-order valence-corrected chi connectivity index (χ0v) is 9.98. The van der Waals surface area contributed by atoms with Crippen molar-refractivity contribution in [3.8, 4) is 0 Å². The van der Waals surface area contributed by atoms with E-state index in [0.717, 1.165) is 12.1 Å². The van der Waals surface area contributed by atoms with Crippen molar-refractivity contribution in [2.24, 2.45) is 5.73 Å². The smallest absolute Gasteiger partial charge is 0.242 e. The average molecular weight is 282 g/mol. The van der Waals surface area contributed by atoms with Crippen LogP contribution >= 0.6 is 11.6 Å². The predicted molar refractivity (Wildman–Crippen MR) is 60.2 cm³/mol. The van der Waals surface area contributed by atoms with Gasteiger partial charge in [-0.3, -0.25) is 4.79 Å². The molecule has 0 aromatic heterocycles. The summed E-state index contributed by atoms with van der Waals surface area (Å²) in [4.78, 5) is 10.0. The number of anilines is 1. The molecule has 0 atom stereocenters. The van der Waals surface area contributed by atoms with Gasteiger partial charge in [-0.1, -0.05) is 11.6 Å². The Hall–Kier alpha value is -1.38. The van der Waals surface area contributed by atoms with Gasteiger partial charge in [0.25, 0.3) is 0 Å². The fourth-order valence-electron chi connectivity index (χ4n) is 0.995. The predicted octanol–water partition coefficient (Wildman–Crippen LogP) is -0.175. The minimum atomic E-state index is -4.05. The quantitative estimate of drug-likeness (QED) is 0.664. The van der Waals surface area contributed by atoms with Gasteiger partial charge in [-0.15, -0.1) is 0 Å². The number of halogens is 2. The highest BCUT2D eigenvalue weighted by atomic mass is 35.5. The third-order valence-electron chi connectivity index (χ3n) is 1.78. The first kappa shape index (κ1) is 13.7. The molecule has 0 spiro atoms. The number of nitrogens with two attached hydrogens (primary N) is 2. The molecule has 0 heterocycles. The highest BCUT2D eigenvalue weighted by Crippen LogP contribution is 2.25. The van der Waals surface area contributed by atoms with E-state index in [0.29, 0.717) is 0 Å². The van der Waals surface area contributed by atoms with E-state index >= 15 is 0 Å². The Morgan fingerprint density at radius 3 is 2.59 bits per heavy atom. The summed E-state index contributed by atoms with van der Waals surface area (Å²) < 4.78 is 38.1. The third kappa shape index (κ3) is 3.29. The van der Waals surface area contributed by atoms with Gasteiger partial charge in [-0.2, -0.15) is 0 Å². The van der Waals surface area contributed by atoms with Crippen molar-refractivity contribution in [3.05, 3.63) is 23.0 Å². The molecule has 0 unspecified atom stereocenters. The number of primary amides is 1. The maximum absolute atomic E-state index is 13.0. The Morgan fingerprint density at radius 1 is 1.47 bits per heavy atom. The second-order valence-corrected chi connectivity index (χ2v) is 5.24. The van der Waals surface area contributed by atoms with Crippen LogP contribution in [0.3, 0.4) is 0 Å². The van der Waals surface area contributed by atoms with Crippen molar-refractivity contribution in [1.82, 2.24) is 4.72 Å². The lowest BCUT2D eigenvalue weighted by atomic mass is 10.3. The van der Waals surface area contributed by atoms with Crippen molar-refractivity contribution >= 4 is 33.2 Å². The van der Waals surface area contributed by atoms with E-state index in [-0.39, 0.29) is 10.7 Å². The lowest BCUT2D eigenvalue weighted by Gasteiger charge is -2.08. The van der Waals surface area contributed by atoms with Gasteiger partial charge in [0.05, 0.1) is 17.3 Å². The minimum absolute atomic E-state index is 0.339. The molecule has 0 fully saturated rings. The number of rotatable bonds is 4. The SMILES string of the molecule is NC(=O)CNS(=O)(=O)c1cc(N)c(F)cc1Cl. The summed E-state index contributed by atoms with van der Waals surface area (Å²) in [5.41, 5.74) is 9.64. The molecule has 9 heteroatoms. The molecule has 6 nitrogen and oxygen atoms in total. The van der Waals surface area contributed by atoms with Crippen LogP contribution in [-0.4, -0.2) is 20.9 Å². The Bertz CT molecular complexity index is 561. The van der Waals surface area contributed by atoms with Crippen LogP contribution in [-0.2, 0) is 14.8 Å². The summed E-state index contributed by atoms with van der Waals surface area (Å²) in [5.74, 6) is -1.69. The van der Waals surface area contributed by atoms with Crippen molar-refractivity contribution < 1.29 is 17.6 Å². The standard InChI is InChI=1S/C8H9ClFN3O3S/c9-4-1-5(10)6(11)2-7(4)17(15,16)13-3-8(12)14/h1-2,13H,3,11H2,(H2,12,14). The van der Waals surface area contributed by atoms with E-state index in [1.807, 2.05) is 4.72 Å². The van der Waals surface area contributed by atoms with Crippen LogP contribution in [0.2, 0.25) is 5.02 Å². The van der Waals surface area contributed by atoms with E-state index in [1.54, 1.807) is 0 Å². The molecule has 0 aliphatic heterocycles. The molecular formula is C8H9ClFN3O3S. The first-order valence-corrected chi connectivity index (χ1v) is 6.12. The Labute approximate surface area is 102 Å².